The molecule has 0 unspecified atom stereocenters. The molecular weight excluding hydrogens is 302 g/mol. The summed E-state index contributed by atoms with van der Waals surface area (Å²) in [6.07, 6.45) is 4.20. The molecule has 2 aliphatic rings. The van der Waals surface area contributed by atoms with Crippen molar-refractivity contribution in [1.82, 2.24) is 4.90 Å². The molecule has 1 aliphatic carbocycles. The predicted molar refractivity (Wildman–Crippen MR) is 87.7 cm³/mol. The van der Waals surface area contributed by atoms with Crippen LogP contribution in [0.15, 0.2) is 24.3 Å². The molecule has 1 aliphatic heterocycles. The quantitative estimate of drug-likeness (QED) is 0.890. The standard InChI is InChI=1S/C16H21N3O2.ClH/c17-16(7-8-16)15(21)18-13-5-3-4-12(10-13)11-19-9-2-1-6-14(19)20;/h3-5,10H,1-2,6-9,11,17H2,(H,18,21);1H. The van der Waals surface area contributed by atoms with E-state index in [-0.39, 0.29) is 24.2 Å². The maximum absolute atomic E-state index is 11.9. The smallest absolute Gasteiger partial charge is 0.244 e. The van der Waals surface area contributed by atoms with E-state index in [1.807, 2.05) is 29.2 Å². The van der Waals surface area contributed by atoms with E-state index in [0.717, 1.165) is 43.5 Å². The van der Waals surface area contributed by atoms with E-state index in [4.69, 9.17) is 5.73 Å². The predicted octanol–water partition coefficient (Wildman–Crippen LogP) is 2.05. The number of nitrogens with two attached hydrogens (primary N) is 1. The van der Waals surface area contributed by atoms with Gasteiger partial charge in [0.05, 0.1) is 5.54 Å². The van der Waals surface area contributed by atoms with E-state index in [2.05, 4.69) is 5.32 Å². The number of piperidine rings is 1. The number of nitrogens with one attached hydrogen (secondary N) is 1. The molecule has 1 aromatic carbocycles. The molecule has 1 aromatic rings. The van der Waals surface area contributed by atoms with Crippen LogP contribution in [0.25, 0.3) is 0 Å². The van der Waals surface area contributed by atoms with E-state index < -0.39 is 5.54 Å². The van der Waals surface area contributed by atoms with E-state index in [1.54, 1.807) is 0 Å². The summed E-state index contributed by atoms with van der Waals surface area (Å²) in [6, 6.07) is 7.65. The van der Waals surface area contributed by atoms with Crippen LogP contribution in [0.5, 0.6) is 0 Å². The molecular formula is C16H22ClN3O2. The highest BCUT2D eigenvalue weighted by molar-refractivity contribution is 6.00. The highest BCUT2D eigenvalue weighted by Gasteiger charge is 2.45. The van der Waals surface area contributed by atoms with E-state index in [1.165, 1.54) is 0 Å². The highest BCUT2D eigenvalue weighted by Crippen LogP contribution is 2.33. The number of halogens is 1. The third kappa shape index (κ3) is 3.78. The Morgan fingerprint density at radius 1 is 1.32 bits per heavy atom. The van der Waals surface area contributed by atoms with Crippen molar-refractivity contribution in [3.05, 3.63) is 29.8 Å². The molecule has 0 spiro atoms. The first-order valence-corrected chi connectivity index (χ1v) is 7.54. The van der Waals surface area contributed by atoms with Crippen molar-refractivity contribution in [2.24, 2.45) is 5.73 Å². The molecule has 2 fully saturated rings. The molecule has 1 saturated heterocycles. The Morgan fingerprint density at radius 3 is 2.77 bits per heavy atom. The van der Waals surface area contributed by atoms with Gasteiger partial charge in [-0.05, 0) is 43.4 Å². The number of hydrogen-bond acceptors (Lipinski definition) is 3. The van der Waals surface area contributed by atoms with Crippen molar-refractivity contribution in [2.75, 3.05) is 11.9 Å². The molecule has 1 heterocycles. The first kappa shape index (κ1) is 16.8. The molecule has 0 radical (unpaired) electrons. The van der Waals surface area contributed by atoms with Crippen molar-refractivity contribution >= 4 is 29.9 Å². The van der Waals surface area contributed by atoms with Crippen molar-refractivity contribution in [3.8, 4) is 0 Å². The summed E-state index contributed by atoms with van der Waals surface area (Å²) in [5.41, 5.74) is 6.99. The van der Waals surface area contributed by atoms with Crippen LogP contribution in [0.4, 0.5) is 5.69 Å². The van der Waals surface area contributed by atoms with Crippen LogP contribution in [-0.4, -0.2) is 28.8 Å². The largest absolute Gasteiger partial charge is 0.338 e. The van der Waals surface area contributed by atoms with Gasteiger partial charge < -0.3 is 16.0 Å². The van der Waals surface area contributed by atoms with Gasteiger partial charge in [-0.2, -0.15) is 0 Å². The second-order valence-corrected chi connectivity index (χ2v) is 6.08. The van der Waals surface area contributed by atoms with Crippen LogP contribution in [0.1, 0.15) is 37.7 Å². The van der Waals surface area contributed by atoms with Gasteiger partial charge in [0.25, 0.3) is 0 Å². The molecule has 22 heavy (non-hydrogen) atoms. The summed E-state index contributed by atoms with van der Waals surface area (Å²) in [5, 5.41) is 2.87. The van der Waals surface area contributed by atoms with Crippen LogP contribution < -0.4 is 11.1 Å². The van der Waals surface area contributed by atoms with Crippen molar-refractivity contribution in [3.63, 3.8) is 0 Å². The number of amides is 2. The summed E-state index contributed by atoms with van der Waals surface area (Å²) >= 11 is 0. The van der Waals surface area contributed by atoms with E-state index >= 15 is 0 Å². The Bertz CT molecular complexity index is 572. The number of rotatable bonds is 4. The minimum atomic E-state index is -0.668. The Hall–Kier alpha value is -1.59. The lowest BCUT2D eigenvalue weighted by Gasteiger charge is -2.27. The lowest BCUT2D eigenvalue weighted by atomic mass is 10.1. The third-order valence-electron chi connectivity index (χ3n) is 4.22. The summed E-state index contributed by atoms with van der Waals surface area (Å²) in [7, 11) is 0. The second kappa shape index (κ2) is 6.67. The third-order valence-corrected chi connectivity index (χ3v) is 4.22. The van der Waals surface area contributed by atoms with Crippen molar-refractivity contribution < 1.29 is 9.59 Å². The van der Waals surface area contributed by atoms with Crippen LogP contribution in [0, 0.1) is 0 Å². The monoisotopic (exact) mass is 323 g/mol. The summed E-state index contributed by atoms with van der Waals surface area (Å²) in [5.74, 6) is 0.100. The summed E-state index contributed by atoms with van der Waals surface area (Å²) in [4.78, 5) is 25.7. The molecule has 1 saturated carbocycles. The van der Waals surface area contributed by atoms with E-state index in [9.17, 15) is 9.59 Å². The maximum atomic E-state index is 11.9. The number of carbonyl (C=O) groups excluding carboxylic acids is 2. The van der Waals surface area contributed by atoms with Gasteiger partial charge in [0.1, 0.15) is 0 Å². The first-order chi connectivity index (χ1) is 10.1. The van der Waals surface area contributed by atoms with Crippen LogP contribution in [0.3, 0.4) is 0 Å². The van der Waals surface area contributed by atoms with Crippen LogP contribution in [-0.2, 0) is 16.1 Å². The van der Waals surface area contributed by atoms with Gasteiger partial charge in [0, 0.05) is 25.2 Å². The molecule has 0 bridgehead atoms. The lowest BCUT2D eigenvalue weighted by molar-refractivity contribution is -0.133. The Morgan fingerprint density at radius 2 is 2.09 bits per heavy atom. The second-order valence-electron chi connectivity index (χ2n) is 6.08. The molecule has 0 aromatic heterocycles. The minimum absolute atomic E-state index is 0. The molecule has 120 valence electrons. The molecule has 6 heteroatoms. The van der Waals surface area contributed by atoms with Gasteiger partial charge in [-0.25, -0.2) is 0 Å². The molecule has 3 rings (SSSR count). The SMILES string of the molecule is Cl.NC1(C(=O)Nc2cccc(CN3CCCCC3=O)c2)CC1. The van der Waals surface area contributed by atoms with Gasteiger partial charge in [0.2, 0.25) is 11.8 Å². The Kier molecular flexibility index (Phi) is 5.08. The topological polar surface area (TPSA) is 75.4 Å². The Labute approximate surface area is 136 Å². The zero-order valence-electron chi connectivity index (χ0n) is 12.5. The molecule has 0 atom stereocenters. The maximum Gasteiger partial charge on any atom is 0.244 e. The number of benzene rings is 1. The highest BCUT2D eigenvalue weighted by atomic mass is 35.5. The van der Waals surface area contributed by atoms with Gasteiger partial charge in [-0.15, -0.1) is 12.4 Å². The zero-order valence-corrected chi connectivity index (χ0v) is 13.3. The number of likely N-dealkylation sites (tertiary alicyclic amines) is 1. The molecule has 2 amide bonds. The Balaban J connectivity index is 0.00000176. The summed E-state index contributed by atoms with van der Waals surface area (Å²) in [6.45, 7) is 1.43. The molecule has 3 N–H and O–H groups in total. The first-order valence-electron chi connectivity index (χ1n) is 7.54. The summed E-state index contributed by atoms with van der Waals surface area (Å²) < 4.78 is 0. The fraction of sp³-hybridized carbons (Fsp3) is 0.500. The van der Waals surface area contributed by atoms with Crippen LogP contribution in [0.2, 0.25) is 0 Å². The fourth-order valence-corrected chi connectivity index (χ4v) is 2.61. The molecule has 5 nitrogen and oxygen atoms in total. The number of anilines is 1. The number of hydrogen-bond donors (Lipinski definition) is 2. The van der Waals surface area contributed by atoms with Crippen LogP contribution >= 0.6 is 12.4 Å². The van der Waals surface area contributed by atoms with E-state index in [0.29, 0.717) is 13.0 Å². The van der Waals surface area contributed by atoms with Gasteiger partial charge in [-0.3, -0.25) is 9.59 Å². The van der Waals surface area contributed by atoms with Gasteiger partial charge >= 0.3 is 0 Å². The lowest BCUT2D eigenvalue weighted by Crippen LogP contribution is -2.37. The minimum Gasteiger partial charge on any atom is -0.338 e. The normalized spacial score (nSPS) is 19.3. The number of nitrogens with zero attached hydrogens (tertiary/aromatic N) is 1. The average Bonchev–Trinajstić information content (AvgIpc) is 3.21. The average molecular weight is 324 g/mol. The van der Waals surface area contributed by atoms with Gasteiger partial charge in [0.15, 0.2) is 0 Å². The van der Waals surface area contributed by atoms with Gasteiger partial charge in [-0.1, -0.05) is 12.1 Å². The number of carbonyl (C=O) groups is 2. The fourth-order valence-electron chi connectivity index (χ4n) is 2.61. The zero-order chi connectivity index (χ0) is 14.9. The van der Waals surface area contributed by atoms with Crippen molar-refractivity contribution in [2.45, 2.75) is 44.2 Å². The van der Waals surface area contributed by atoms with Crippen molar-refractivity contribution in [1.29, 1.82) is 0 Å².